The molecule has 132 valence electrons. The summed E-state index contributed by atoms with van der Waals surface area (Å²) in [5.74, 6) is 0.383. The largest absolute Gasteiger partial charge is 0.505 e. The van der Waals surface area contributed by atoms with E-state index < -0.39 is 5.91 Å². The second-order valence-corrected chi connectivity index (χ2v) is 5.65. The van der Waals surface area contributed by atoms with Crippen molar-refractivity contribution in [2.24, 2.45) is 5.10 Å². The zero-order valence-electron chi connectivity index (χ0n) is 13.5. The third-order valence-electron chi connectivity index (χ3n) is 3.14. The zero-order valence-corrected chi connectivity index (χ0v) is 15.1. The van der Waals surface area contributed by atoms with Crippen molar-refractivity contribution in [3.8, 4) is 17.2 Å². The number of carbonyl (C=O) groups is 1. The van der Waals surface area contributed by atoms with Crippen LogP contribution in [0.1, 0.15) is 22.8 Å². The first kappa shape index (κ1) is 18.9. The SMILES string of the molecule is CCOc1ccc(C(=O)N/N=C/c2cc(Cl)c(O)c(Cl)c2)cc1OC. The summed E-state index contributed by atoms with van der Waals surface area (Å²) in [6.45, 7) is 2.35. The molecule has 0 bridgehead atoms. The third-order valence-corrected chi connectivity index (χ3v) is 3.72. The Morgan fingerprint density at radius 2 is 1.92 bits per heavy atom. The highest BCUT2D eigenvalue weighted by molar-refractivity contribution is 6.37. The highest BCUT2D eigenvalue weighted by Crippen LogP contribution is 2.32. The van der Waals surface area contributed by atoms with E-state index in [1.807, 2.05) is 6.92 Å². The Balaban J connectivity index is 2.09. The molecule has 0 aliphatic carbocycles. The van der Waals surface area contributed by atoms with Gasteiger partial charge in [-0.3, -0.25) is 4.79 Å². The molecule has 0 heterocycles. The Morgan fingerprint density at radius 1 is 1.24 bits per heavy atom. The molecule has 2 rings (SSSR count). The monoisotopic (exact) mass is 382 g/mol. The topological polar surface area (TPSA) is 80.2 Å². The molecule has 25 heavy (non-hydrogen) atoms. The third kappa shape index (κ3) is 4.78. The molecule has 0 fully saturated rings. The number of hydrogen-bond donors (Lipinski definition) is 2. The lowest BCUT2D eigenvalue weighted by Crippen LogP contribution is -2.17. The van der Waals surface area contributed by atoms with E-state index in [9.17, 15) is 9.90 Å². The van der Waals surface area contributed by atoms with E-state index in [1.54, 1.807) is 18.2 Å². The zero-order chi connectivity index (χ0) is 18.4. The predicted molar refractivity (Wildman–Crippen MR) is 97.4 cm³/mol. The van der Waals surface area contributed by atoms with Gasteiger partial charge >= 0.3 is 0 Å². The fraction of sp³-hybridized carbons (Fsp3) is 0.176. The second-order valence-electron chi connectivity index (χ2n) is 4.83. The van der Waals surface area contributed by atoms with Crippen LogP contribution in [0.3, 0.4) is 0 Å². The molecule has 2 aromatic carbocycles. The molecule has 0 saturated carbocycles. The summed E-state index contributed by atoms with van der Waals surface area (Å²) < 4.78 is 10.6. The fourth-order valence-electron chi connectivity index (χ4n) is 1.97. The van der Waals surface area contributed by atoms with Crippen LogP contribution in [0.5, 0.6) is 17.2 Å². The van der Waals surface area contributed by atoms with Gasteiger partial charge in [-0.05, 0) is 42.8 Å². The molecule has 0 saturated heterocycles. The lowest BCUT2D eigenvalue weighted by atomic mass is 10.2. The lowest BCUT2D eigenvalue weighted by molar-refractivity contribution is 0.0954. The number of aromatic hydroxyl groups is 1. The van der Waals surface area contributed by atoms with Crippen LogP contribution in [0.15, 0.2) is 35.4 Å². The molecule has 2 aromatic rings. The number of phenols is 1. The van der Waals surface area contributed by atoms with E-state index in [1.165, 1.54) is 25.5 Å². The predicted octanol–water partition coefficient (Wildman–Crippen LogP) is 3.87. The van der Waals surface area contributed by atoms with Crippen LogP contribution >= 0.6 is 23.2 Å². The summed E-state index contributed by atoms with van der Waals surface area (Å²) >= 11 is 11.6. The Bertz CT molecular complexity index is 786. The van der Waals surface area contributed by atoms with Gasteiger partial charge in [0, 0.05) is 5.56 Å². The molecular formula is C17H16Cl2N2O4. The van der Waals surface area contributed by atoms with Crippen LogP contribution in [-0.2, 0) is 0 Å². The van der Waals surface area contributed by atoms with E-state index >= 15 is 0 Å². The quantitative estimate of drug-likeness (QED) is 0.586. The van der Waals surface area contributed by atoms with Crippen LogP contribution in [0.25, 0.3) is 0 Å². The number of benzene rings is 2. The Labute approximate surface area is 155 Å². The van der Waals surface area contributed by atoms with Crippen molar-refractivity contribution in [2.45, 2.75) is 6.92 Å². The minimum Gasteiger partial charge on any atom is -0.505 e. The van der Waals surface area contributed by atoms with Crippen LogP contribution in [0, 0.1) is 0 Å². The van der Waals surface area contributed by atoms with Crippen molar-refractivity contribution in [3.63, 3.8) is 0 Å². The summed E-state index contributed by atoms with van der Waals surface area (Å²) in [6.07, 6.45) is 1.36. The maximum atomic E-state index is 12.1. The molecule has 0 spiro atoms. The first-order chi connectivity index (χ1) is 12.0. The van der Waals surface area contributed by atoms with Crippen molar-refractivity contribution in [1.82, 2.24) is 5.43 Å². The van der Waals surface area contributed by atoms with Gasteiger partial charge in [0.15, 0.2) is 17.2 Å². The minimum atomic E-state index is -0.423. The summed E-state index contributed by atoms with van der Waals surface area (Å²) in [5, 5.41) is 13.5. The number of carbonyl (C=O) groups excluding carboxylic acids is 1. The summed E-state index contributed by atoms with van der Waals surface area (Å²) in [6, 6.07) is 7.76. The van der Waals surface area contributed by atoms with Gasteiger partial charge in [0.1, 0.15) is 0 Å². The number of phenolic OH excluding ortho intramolecular Hbond substituents is 1. The van der Waals surface area contributed by atoms with Crippen LogP contribution < -0.4 is 14.9 Å². The molecule has 0 aromatic heterocycles. The maximum Gasteiger partial charge on any atom is 0.271 e. The molecule has 0 aliphatic rings. The first-order valence-electron chi connectivity index (χ1n) is 7.28. The molecule has 2 N–H and O–H groups in total. The van der Waals surface area contributed by atoms with Gasteiger partial charge in [-0.1, -0.05) is 23.2 Å². The van der Waals surface area contributed by atoms with Gasteiger partial charge in [0.05, 0.1) is 30.0 Å². The van der Waals surface area contributed by atoms with Crippen molar-refractivity contribution in [3.05, 3.63) is 51.5 Å². The lowest BCUT2D eigenvalue weighted by Gasteiger charge is -2.10. The highest BCUT2D eigenvalue weighted by atomic mass is 35.5. The molecule has 0 aliphatic heterocycles. The highest BCUT2D eigenvalue weighted by Gasteiger charge is 2.10. The number of methoxy groups -OCH3 is 1. The summed E-state index contributed by atoms with van der Waals surface area (Å²) in [5.41, 5.74) is 3.27. The number of rotatable bonds is 6. The van der Waals surface area contributed by atoms with Crippen LogP contribution in [-0.4, -0.2) is 30.9 Å². The smallest absolute Gasteiger partial charge is 0.271 e. The van der Waals surface area contributed by atoms with E-state index in [2.05, 4.69) is 10.5 Å². The van der Waals surface area contributed by atoms with Crippen molar-refractivity contribution < 1.29 is 19.4 Å². The molecule has 6 nitrogen and oxygen atoms in total. The molecule has 1 amide bonds. The van der Waals surface area contributed by atoms with E-state index in [-0.39, 0.29) is 15.8 Å². The first-order valence-corrected chi connectivity index (χ1v) is 8.04. The van der Waals surface area contributed by atoms with Gasteiger partial charge < -0.3 is 14.6 Å². The fourth-order valence-corrected chi connectivity index (χ4v) is 2.48. The number of hydrogen-bond acceptors (Lipinski definition) is 5. The van der Waals surface area contributed by atoms with Gasteiger partial charge in [-0.25, -0.2) is 5.43 Å². The van der Waals surface area contributed by atoms with E-state index in [4.69, 9.17) is 32.7 Å². The van der Waals surface area contributed by atoms with Crippen LogP contribution in [0.4, 0.5) is 0 Å². The van der Waals surface area contributed by atoms with Crippen molar-refractivity contribution >= 4 is 35.3 Å². The van der Waals surface area contributed by atoms with Gasteiger partial charge in [-0.2, -0.15) is 5.10 Å². The summed E-state index contributed by atoms with van der Waals surface area (Å²) in [7, 11) is 1.50. The van der Waals surface area contributed by atoms with Crippen molar-refractivity contribution in [2.75, 3.05) is 13.7 Å². The number of amides is 1. The van der Waals surface area contributed by atoms with Gasteiger partial charge in [-0.15, -0.1) is 0 Å². The number of nitrogens with one attached hydrogen (secondary N) is 1. The molecular weight excluding hydrogens is 367 g/mol. The standard InChI is InChI=1S/C17H16Cl2N2O4/c1-3-25-14-5-4-11(8-15(14)24-2)17(23)21-20-9-10-6-12(18)16(22)13(19)7-10/h4-9,22H,3H2,1-2H3,(H,21,23)/b20-9+. The number of ether oxygens (including phenoxy) is 2. The summed E-state index contributed by atoms with van der Waals surface area (Å²) in [4.78, 5) is 12.1. The molecule has 0 atom stereocenters. The second kappa shape index (κ2) is 8.60. The average Bonchev–Trinajstić information content (AvgIpc) is 2.60. The molecule has 8 heteroatoms. The Kier molecular flexibility index (Phi) is 6.50. The normalized spacial score (nSPS) is 10.7. The van der Waals surface area contributed by atoms with Crippen molar-refractivity contribution in [1.29, 1.82) is 0 Å². The van der Waals surface area contributed by atoms with E-state index in [0.29, 0.717) is 29.2 Å². The minimum absolute atomic E-state index is 0.0940. The Hall–Kier alpha value is -2.44. The number of halogens is 2. The van der Waals surface area contributed by atoms with Crippen LogP contribution in [0.2, 0.25) is 10.0 Å². The Morgan fingerprint density at radius 3 is 2.52 bits per heavy atom. The van der Waals surface area contributed by atoms with Gasteiger partial charge in [0.2, 0.25) is 0 Å². The molecule has 0 unspecified atom stereocenters. The number of hydrazone groups is 1. The maximum absolute atomic E-state index is 12.1. The number of nitrogens with zero attached hydrogens (tertiary/aromatic N) is 1. The molecule has 0 radical (unpaired) electrons. The van der Waals surface area contributed by atoms with E-state index in [0.717, 1.165) is 0 Å². The average molecular weight is 383 g/mol. The van der Waals surface area contributed by atoms with Gasteiger partial charge in [0.25, 0.3) is 5.91 Å².